The summed E-state index contributed by atoms with van der Waals surface area (Å²) in [5.41, 5.74) is 0. The molecule has 0 aliphatic rings. The molecule has 0 aliphatic carbocycles. The summed E-state index contributed by atoms with van der Waals surface area (Å²) in [5.74, 6) is -47.6. The monoisotopic (exact) mass is 556 g/mol. The lowest BCUT2D eigenvalue weighted by atomic mass is 9.88. The Balaban J connectivity index is 5.49. The average molecular weight is 556 g/mol. The topological polar surface area (TPSA) is 0 Å². The number of hydrogen-bond acceptors (Lipinski definition) is 0. The van der Waals surface area contributed by atoms with Gasteiger partial charge in [0.05, 0.1) is 0 Å². The van der Waals surface area contributed by atoms with Crippen LogP contribution in [0.15, 0.2) is 0 Å². The lowest BCUT2D eigenvalue weighted by molar-refractivity contribution is -0.454. The molecule has 0 aromatic carbocycles. The molecule has 0 rings (SSSR count). The van der Waals surface area contributed by atoms with Crippen LogP contribution >= 0.6 is 0 Å². The van der Waals surface area contributed by atoms with E-state index >= 15 is 0 Å². The maximum atomic E-state index is 13.7. The number of alkyl halides is 16. The normalized spacial score (nSPS) is 16.0. The van der Waals surface area contributed by atoms with E-state index in [2.05, 4.69) is 0 Å². The Kier molecular flexibility index (Phi) is 11.1. The summed E-state index contributed by atoms with van der Waals surface area (Å²) < 4.78 is 210. The van der Waals surface area contributed by atoms with Gasteiger partial charge in [-0.05, 0) is 6.42 Å². The molecule has 0 radical (unpaired) electrons. The van der Waals surface area contributed by atoms with E-state index in [0.717, 1.165) is 25.7 Å². The quantitative estimate of drug-likeness (QED) is 0.131. The Hall–Kier alpha value is -1.12. The van der Waals surface area contributed by atoms with Crippen LogP contribution in [-0.4, -0.2) is 47.9 Å². The van der Waals surface area contributed by atoms with Crippen molar-refractivity contribution >= 4 is 0 Å². The van der Waals surface area contributed by atoms with E-state index in [1.807, 2.05) is 6.92 Å². The van der Waals surface area contributed by atoms with Crippen molar-refractivity contribution in [1.29, 1.82) is 0 Å². The molecular weight excluding hydrogens is 532 g/mol. The lowest BCUT2D eigenvalue weighted by Gasteiger charge is -2.42. The molecule has 0 saturated carbocycles. The number of unbranched alkanes of at least 4 members (excludes halogenated alkanes) is 8. The summed E-state index contributed by atoms with van der Waals surface area (Å²) in [4.78, 5) is 0. The van der Waals surface area contributed by atoms with Gasteiger partial charge in [-0.3, -0.25) is 0 Å². The smallest absolute Gasteiger partial charge is 0.241 e. The summed E-state index contributed by atoms with van der Waals surface area (Å²) in [6.45, 7) is 1.95. The van der Waals surface area contributed by atoms with E-state index in [0.29, 0.717) is 12.8 Å². The molecule has 0 amide bonds. The molecule has 35 heavy (non-hydrogen) atoms. The third kappa shape index (κ3) is 6.42. The molecule has 0 spiro atoms. The van der Waals surface area contributed by atoms with Crippen LogP contribution in [-0.2, 0) is 0 Å². The average Bonchev–Trinajstić information content (AvgIpc) is 2.70. The summed E-state index contributed by atoms with van der Waals surface area (Å²) >= 11 is 0. The highest BCUT2D eigenvalue weighted by molar-refractivity contribution is 5.14. The zero-order valence-electron chi connectivity index (χ0n) is 18.2. The van der Waals surface area contributed by atoms with Crippen molar-refractivity contribution in [1.82, 2.24) is 0 Å². The zero-order valence-corrected chi connectivity index (χ0v) is 18.2. The first-order chi connectivity index (χ1) is 15.5. The molecule has 0 fully saturated rings. The van der Waals surface area contributed by atoms with Gasteiger partial charge in [-0.15, -0.1) is 0 Å². The Morgan fingerprint density at radius 2 is 0.743 bits per heavy atom. The van der Waals surface area contributed by atoms with Gasteiger partial charge < -0.3 is 0 Å². The molecular formula is C19H24F16. The van der Waals surface area contributed by atoms with Crippen molar-refractivity contribution in [2.24, 2.45) is 0 Å². The van der Waals surface area contributed by atoms with E-state index in [4.69, 9.17) is 0 Å². The van der Waals surface area contributed by atoms with Crippen LogP contribution in [0.3, 0.4) is 0 Å². The second-order valence-electron chi connectivity index (χ2n) is 8.08. The predicted molar refractivity (Wildman–Crippen MR) is 92.5 cm³/mol. The first kappa shape index (κ1) is 33.9. The summed E-state index contributed by atoms with van der Waals surface area (Å²) in [6.07, 6.45) is -9.27. The Labute approximate surface area is 190 Å². The van der Waals surface area contributed by atoms with Crippen molar-refractivity contribution in [2.75, 3.05) is 0 Å². The van der Waals surface area contributed by atoms with Crippen LogP contribution < -0.4 is 0 Å². The van der Waals surface area contributed by atoms with Crippen LogP contribution in [0.25, 0.3) is 0 Å². The molecule has 0 bridgehead atoms. The first-order valence-corrected chi connectivity index (χ1v) is 10.5. The SMILES string of the molecule is CCCCCCCCCCCC(F)C(F)(F)C(F)(F)C(F)(F)C(F)(F)C(F)(F)C(F)(F)C(F)(F)F. The van der Waals surface area contributed by atoms with E-state index < -0.39 is 60.7 Å². The number of rotatable bonds is 16. The van der Waals surface area contributed by atoms with Gasteiger partial charge in [0.15, 0.2) is 6.17 Å². The van der Waals surface area contributed by atoms with Gasteiger partial charge in [0, 0.05) is 0 Å². The minimum Gasteiger partial charge on any atom is -0.241 e. The van der Waals surface area contributed by atoms with Gasteiger partial charge in [0.1, 0.15) is 0 Å². The third-order valence-corrected chi connectivity index (χ3v) is 5.31. The molecule has 1 unspecified atom stereocenters. The van der Waals surface area contributed by atoms with Crippen molar-refractivity contribution in [3.8, 4) is 0 Å². The number of halogens is 16. The highest BCUT2D eigenvalue weighted by atomic mass is 19.4. The van der Waals surface area contributed by atoms with Gasteiger partial charge in [-0.25, -0.2) is 4.39 Å². The molecule has 0 aromatic rings. The third-order valence-electron chi connectivity index (χ3n) is 5.31. The highest BCUT2D eigenvalue weighted by Gasteiger charge is 2.93. The van der Waals surface area contributed by atoms with Gasteiger partial charge in [0.25, 0.3) is 0 Å². The lowest BCUT2D eigenvalue weighted by Crippen LogP contribution is -2.73. The van der Waals surface area contributed by atoms with Crippen molar-refractivity contribution in [3.63, 3.8) is 0 Å². The highest BCUT2D eigenvalue weighted by Crippen LogP contribution is 2.63. The molecule has 0 N–H and O–H groups in total. The predicted octanol–water partition coefficient (Wildman–Crippen LogP) is 9.62. The minimum absolute atomic E-state index is 0.0850. The first-order valence-electron chi connectivity index (χ1n) is 10.5. The summed E-state index contributed by atoms with van der Waals surface area (Å²) in [7, 11) is 0. The van der Waals surface area contributed by atoms with Gasteiger partial charge >= 0.3 is 41.7 Å². The fourth-order valence-corrected chi connectivity index (χ4v) is 2.99. The molecule has 0 nitrogen and oxygen atoms in total. The van der Waals surface area contributed by atoms with Crippen LogP contribution in [0.1, 0.15) is 71.1 Å². The second kappa shape index (κ2) is 11.5. The van der Waals surface area contributed by atoms with Gasteiger partial charge in [-0.1, -0.05) is 64.7 Å². The molecule has 0 heterocycles. The molecule has 1 atom stereocenters. The fraction of sp³-hybridized carbons (Fsp3) is 1.00. The van der Waals surface area contributed by atoms with E-state index in [1.165, 1.54) is 0 Å². The van der Waals surface area contributed by atoms with Crippen LogP contribution in [0.2, 0.25) is 0 Å². The Morgan fingerprint density at radius 1 is 0.429 bits per heavy atom. The fourth-order valence-electron chi connectivity index (χ4n) is 2.99. The van der Waals surface area contributed by atoms with Gasteiger partial charge in [-0.2, -0.15) is 65.9 Å². The van der Waals surface area contributed by atoms with Crippen LogP contribution in [0.4, 0.5) is 70.2 Å². The van der Waals surface area contributed by atoms with Crippen LogP contribution in [0, 0.1) is 0 Å². The van der Waals surface area contributed by atoms with Crippen molar-refractivity contribution in [2.45, 2.75) is 119 Å². The van der Waals surface area contributed by atoms with E-state index in [1.54, 1.807) is 0 Å². The summed E-state index contributed by atoms with van der Waals surface area (Å²) in [6, 6.07) is 0. The van der Waals surface area contributed by atoms with Crippen molar-refractivity contribution < 1.29 is 70.2 Å². The van der Waals surface area contributed by atoms with E-state index in [9.17, 15) is 70.2 Å². The zero-order chi connectivity index (χ0) is 28.1. The summed E-state index contributed by atoms with van der Waals surface area (Å²) in [5, 5.41) is 0. The second-order valence-corrected chi connectivity index (χ2v) is 8.08. The molecule has 0 aromatic heterocycles. The Morgan fingerprint density at radius 3 is 1.11 bits per heavy atom. The Bertz CT molecular complexity index is 637. The van der Waals surface area contributed by atoms with Gasteiger partial charge in [0.2, 0.25) is 0 Å². The van der Waals surface area contributed by atoms with Crippen LogP contribution in [0.5, 0.6) is 0 Å². The molecule has 0 saturated heterocycles. The maximum Gasteiger partial charge on any atom is 0.460 e. The standard InChI is InChI=1S/C19H24F16/c1-2-3-4-5-6-7-8-9-10-11-12(20)13(21,22)14(23,24)15(25,26)16(27,28)17(29,30)18(31,32)19(33,34)35/h12H,2-11H2,1H3. The molecule has 212 valence electrons. The molecule has 0 aliphatic heterocycles. The molecule has 16 heteroatoms. The minimum atomic E-state index is -8.39. The van der Waals surface area contributed by atoms with E-state index in [-0.39, 0.29) is 12.8 Å². The maximum absolute atomic E-state index is 13.7. The van der Waals surface area contributed by atoms with Crippen molar-refractivity contribution in [3.05, 3.63) is 0 Å². The number of hydrogen-bond donors (Lipinski definition) is 0. The largest absolute Gasteiger partial charge is 0.460 e.